The van der Waals surface area contributed by atoms with Crippen LogP contribution in [0.1, 0.15) is 50.0 Å². The van der Waals surface area contributed by atoms with E-state index in [1.807, 2.05) is 47.5 Å². The minimum Gasteiger partial charge on any atom is -0.338 e. The van der Waals surface area contributed by atoms with Crippen LogP contribution in [-0.4, -0.2) is 55.7 Å². The second-order valence-electron chi connectivity index (χ2n) is 7.38. The number of rotatable bonds is 2. The van der Waals surface area contributed by atoms with E-state index in [9.17, 15) is 9.59 Å². The smallest absolute Gasteiger partial charge is 0.274 e. The van der Waals surface area contributed by atoms with Crippen LogP contribution < -0.4 is 0 Å². The van der Waals surface area contributed by atoms with Crippen LogP contribution in [-0.2, 0) is 4.79 Å². The minimum atomic E-state index is -0.671. The number of piperidine rings is 1. The molecule has 0 radical (unpaired) electrons. The summed E-state index contributed by atoms with van der Waals surface area (Å²) in [7, 11) is 0. The van der Waals surface area contributed by atoms with Gasteiger partial charge in [0, 0.05) is 31.5 Å². The summed E-state index contributed by atoms with van der Waals surface area (Å²) in [5.74, 6) is -0.0106. The van der Waals surface area contributed by atoms with Crippen LogP contribution in [0.4, 0.5) is 0 Å². The molecule has 0 N–H and O–H groups in total. The fourth-order valence-electron chi connectivity index (χ4n) is 4.34. The number of carbonyl (C=O) groups is 2. The number of nitrogens with zero attached hydrogens (tertiary/aromatic N) is 4. The van der Waals surface area contributed by atoms with E-state index >= 15 is 0 Å². The molecule has 2 saturated heterocycles. The van der Waals surface area contributed by atoms with Crippen LogP contribution in [0.5, 0.6) is 0 Å². The van der Waals surface area contributed by atoms with Gasteiger partial charge in [-0.3, -0.25) is 9.59 Å². The number of likely N-dealkylation sites (tertiary alicyclic amines) is 2. The lowest BCUT2D eigenvalue weighted by Gasteiger charge is -2.45. The monoisotopic (exact) mass is 340 g/mol. The van der Waals surface area contributed by atoms with Gasteiger partial charge >= 0.3 is 0 Å². The largest absolute Gasteiger partial charge is 0.338 e. The number of hydrogen-bond donors (Lipinski definition) is 0. The lowest BCUT2D eigenvalue weighted by Crippen LogP contribution is -2.62. The van der Waals surface area contributed by atoms with Gasteiger partial charge in [0.25, 0.3) is 5.91 Å². The number of fused-ring (bicyclic) bond motifs is 1. The molecule has 2 aliphatic rings. The Labute approximate surface area is 147 Å². The lowest BCUT2D eigenvalue weighted by atomic mass is 9.84. The van der Waals surface area contributed by atoms with Crippen molar-refractivity contribution in [3.05, 3.63) is 36.3 Å². The Bertz CT molecular complexity index is 795. The molecular formula is C19H24N4O2. The second-order valence-corrected chi connectivity index (χ2v) is 7.38. The molecule has 1 atom stereocenters. The third kappa shape index (κ3) is 2.42. The van der Waals surface area contributed by atoms with Gasteiger partial charge in [-0.05, 0) is 51.7 Å². The van der Waals surface area contributed by atoms with Crippen molar-refractivity contribution in [2.75, 3.05) is 13.1 Å². The molecule has 132 valence electrons. The van der Waals surface area contributed by atoms with Crippen molar-refractivity contribution >= 4 is 17.5 Å². The maximum Gasteiger partial charge on any atom is 0.274 e. The van der Waals surface area contributed by atoms with Gasteiger partial charge in [-0.1, -0.05) is 6.07 Å². The number of amides is 2. The van der Waals surface area contributed by atoms with E-state index in [1.54, 1.807) is 11.1 Å². The van der Waals surface area contributed by atoms with E-state index in [-0.39, 0.29) is 17.9 Å². The Hall–Kier alpha value is -2.37. The average Bonchev–Trinajstić information content (AvgIpc) is 3.21. The first-order valence-corrected chi connectivity index (χ1v) is 9.10. The van der Waals surface area contributed by atoms with Gasteiger partial charge in [0.2, 0.25) is 5.91 Å². The summed E-state index contributed by atoms with van der Waals surface area (Å²) in [4.78, 5) is 34.6. The number of imidazole rings is 1. The van der Waals surface area contributed by atoms with Gasteiger partial charge in [0.15, 0.2) is 0 Å². The van der Waals surface area contributed by atoms with Crippen LogP contribution in [0.3, 0.4) is 0 Å². The van der Waals surface area contributed by atoms with E-state index in [4.69, 9.17) is 0 Å². The molecule has 6 heteroatoms. The Morgan fingerprint density at radius 1 is 1.20 bits per heavy atom. The first-order chi connectivity index (χ1) is 12.0. The minimum absolute atomic E-state index is 0.114. The van der Waals surface area contributed by atoms with Crippen molar-refractivity contribution < 1.29 is 9.59 Å². The highest BCUT2D eigenvalue weighted by atomic mass is 16.2. The van der Waals surface area contributed by atoms with Gasteiger partial charge in [0.05, 0.1) is 0 Å². The number of pyridine rings is 1. The first-order valence-electron chi connectivity index (χ1n) is 9.10. The summed E-state index contributed by atoms with van der Waals surface area (Å²) in [6.45, 7) is 5.50. The maximum atomic E-state index is 13.2. The highest BCUT2D eigenvalue weighted by Gasteiger charge is 2.53. The van der Waals surface area contributed by atoms with Crippen molar-refractivity contribution in [2.24, 2.45) is 0 Å². The number of hydrogen-bond acceptors (Lipinski definition) is 3. The number of aromatic nitrogens is 2. The van der Waals surface area contributed by atoms with Crippen LogP contribution in [0.15, 0.2) is 30.6 Å². The normalized spacial score (nSPS) is 24.0. The predicted molar refractivity (Wildman–Crippen MR) is 94.3 cm³/mol. The Kier molecular flexibility index (Phi) is 3.78. The Morgan fingerprint density at radius 3 is 2.68 bits per heavy atom. The molecule has 6 nitrogen and oxygen atoms in total. The van der Waals surface area contributed by atoms with E-state index < -0.39 is 5.54 Å². The van der Waals surface area contributed by atoms with E-state index in [2.05, 4.69) is 4.98 Å². The summed E-state index contributed by atoms with van der Waals surface area (Å²) < 4.78 is 1.85. The van der Waals surface area contributed by atoms with Crippen molar-refractivity contribution in [1.82, 2.24) is 19.2 Å². The summed E-state index contributed by atoms with van der Waals surface area (Å²) in [6.07, 6.45) is 6.97. The SMILES string of the molecule is CC(C)N1CCCC2(CCCN2C(=O)c2cn3ccccc3n2)C1=O. The molecule has 1 spiro atoms. The zero-order valence-electron chi connectivity index (χ0n) is 14.8. The van der Waals surface area contributed by atoms with Crippen LogP contribution >= 0.6 is 0 Å². The van der Waals surface area contributed by atoms with Gasteiger partial charge in [-0.2, -0.15) is 0 Å². The summed E-state index contributed by atoms with van der Waals surface area (Å²) in [5, 5.41) is 0. The molecule has 25 heavy (non-hydrogen) atoms. The molecule has 2 amide bonds. The highest BCUT2D eigenvalue weighted by Crippen LogP contribution is 2.39. The maximum absolute atomic E-state index is 13.2. The van der Waals surface area contributed by atoms with E-state index in [1.165, 1.54) is 0 Å². The Morgan fingerprint density at radius 2 is 1.96 bits per heavy atom. The van der Waals surface area contributed by atoms with Crippen molar-refractivity contribution in [3.8, 4) is 0 Å². The summed E-state index contributed by atoms with van der Waals surface area (Å²) >= 11 is 0. The van der Waals surface area contributed by atoms with Gasteiger partial charge < -0.3 is 14.2 Å². The standard InChI is InChI=1S/C19H24N4O2/c1-14(2)22-11-5-8-19(18(22)25)9-6-12-23(19)17(24)15-13-21-10-4-3-7-16(21)20-15/h3-4,7,10,13-14H,5-6,8-9,11-12H2,1-2H3. The van der Waals surface area contributed by atoms with Crippen molar-refractivity contribution in [1.29, 1.82) is 0 Å². The zero-order valence-corrected chi connectivity index (χ0v) is 14.8. The molecule has 0 saturated carbocycles. The van der Waals surface area contributed by atoms with Crippen LogP contribution in [0, 0.1) is 0 Å². The summed E-state index contributed by atoms with van der Waals surface area (Å²) in [5.41, 5.74) is 0.495. The molecule has 2 aliphatic heterocycles. The molecule has 2 aromatic heterocycles. The number of carbonyl (C=O) groups excluding carboxylic acids is 2. The molecule has 2 aromatic rings. The highest BCUT2D eigenvalue weighted by molar-refractivity contribution is 5.99. The van der Waals surface area contributed by atoms with E-state index in [0.29, 0.717) is 12.2 Å². The van der Waals surface area contributed by atoms with E-state index in [0.717, 1.165) is 37.9 Å². The van der Waals surface area contributed by atoms with Gasteiger partial charge in [-0.25, -0.2) is 4.98 Å². The van der Waals surface area contributed by atoms with Crippen LogP contribution in [0.25, 0.3) is 5.65 Å². The Balaban J connectivity index is 1.68. The van der Waals surface area contributed by atoms with Gasteiger partial charge in [0.1, 0.15) is 16.9 Å². The topological polar surface area (TPSA) is 57.9 Å². The molecule has 4 rings (SSSR count). The molecule has 2 fully saturated rings. The molecule has 4 heterocycles. The predicted octanol–water partition coefficient (Wildman–Crippen LogP) is 2.34. The molecular weight excluding hydrogens is 316 g/mol. The third-order valence-corrected chi connectivity index (χ3v) is 5.59. The molecule has 0 bridgehead atoms. The zero-order chi connectivity index (χ0) is 17.6. The second kappa shape index (κ2) is 5.86. The molecule has 0 aromatic carbocycles. The fraction of sp³-hybridized carbons (Fsp3) is 0.526. The van der Waals surface area contributed by atoms with Crippen LogP contribution in [0.2, 0.25) is 0 Å². The lowest BCUT2D eigenvalue weighted by molar-refractivity contribution is -0.147. The van der Waals surface area contributed by atoms with Gasteiger partial charge in [-0.15, -0.1) is 0 Å². The fourth-order valence-corrected chi connectivity index (χ4v) is 4.34. The first kappa shape index (κ1) is 16.1. The average molecular weight is 340 g/mol. The van der Waals surface area contributed by atoms with Crippen molar-refractivity contribution in [2.45, 2.75) is 51.1 Å². The third-order valence-electron chi connectivity index (χ3n) is 5.59. The molecule has 0 aliphatic carbocycles. The van der Waals surface area contributed by atoms with Crippen molar-refractivity contribution in [3.63, 3.8) is 0 Å². The summed E-state index contributed by atoms with van der Waals surface area (Å²) in [6, 6.07) is 5.85. The molecule has 1 unspecified atom stereocenters. The quantitative estimate of drug-likeness (QED) is 0.843.